The summed E-state index contributed by atoms with van der Waals surface area (Å²) >= 11 is 6.16. The van der Waals surface area contributed by atoms with E-state index in [2.05, 4.69) is 0 Å². The predicted octanol–water partition coefficient (Wildman–Crippen LogP) is 3.42. The lowest BCUT2D eigenvalue weighted by Crippen LogP contribution is -2.34. The van der Waals surface area contributed by atoms with Crippen LogP contribution in [-0.2, 0) is 11.2 Å². The summed E-state index contributed by atoms with van der Waals surface area (Å²) in [7, 11) is 0. The van der Waals surface area contributed by atoms with Crippen LogP contribution in [0.25, 0.3) is 0 Å². The Morgan fingerprint density at radius 2 is 2.00 bits per heavy atom. The summed E-state index contributed by atoms with van der Waals surface area (Å²) in [6.07, 6.45) is -0.853. The maximum atomic E-state index is 11.3. The molecule has 1 unspecified atom stereocenters. The molecule has 1 aliphatic rings. The van der Waals surface area contributed by atoms with Crippen molar-refractivity contribution in [2.24, 2.45) is 0 Å². The number of hydrogen-bond donors (Lipinski definition) is 1. The van der Waals surface area contributed by atoms with Crippen LogP contribution in [0, 0.1) is 6.92 Å². The molecule has 1 aliphatic heterocycles. The molecule has 0 spiro atoms. The van der Waals surface area contributed by atoms with Crippen LogP contribution in [-0.4, -0.2) is 17.4 Å². The SMILES string of the molecule is Cc1ccc(Cl)c2c1Cc1ccccc1OC(C(=O)O)O2. The van der Waals surface area contributed by atoms with Gasteiger partial charge >= 0.3 is 12.3 Å². The van der Waals surface area contributed by atoms with E-state index < -0.39 is 12.3 Å². The molecule has 1 atom stereocenters. The molecular formula is C16H13ClO4. The summed E-state index contributed by atoms with van der Waals surface area (Å²) in [4.78, 5) is 11.3. The Balaban J connectivity index is 2.19. The highest BCUT2D eigenvalue weighted by molar-refractivity contribution is 6.32. The summed E-state index contributed by atoms with van der Waals surface area (Å²) in [6, 6.07) is 10.9. The quantitative estimate of drug-likeness (QED) is 0.877. The van der Waals surface area contributed by atoms with Gasteiger partial charge in [0.05, 0.1) is 5.02 Å². The van der Waals surface area contributed by atoms with Crippen LogP contribution in [0.15, 0.2) is 36.4 Å². The second kappa shape index (κ2) is 5.30. The molecule has 1 heterocycles. The molecule has 2 aromatic carbocycles. The molecular weight excluding hydrogens is 292 g/mol. The van der Waals surface area contributed by atoms with E-state index in [1.54, 1.807) is 18.2 Å². The number of para-hydroxylation sites is 1. The van der Waals surface area contributed by atoms with Gasteiger partial charge in [-0.3, -0.25) is 0 Å². The Bertz CT molecular complexity index is 711. The molecule has 4 nitrogen and oxygen atoms in total. The minimum absolute atomic E-state index is 0.374. The molecule has 0 radical (unpaired) electrons. The standard InChI is InChI=1S/C16H13ClO4/c1-9-6-7-12(17)14-11(9)8-10-4-2-3-5-13(10)20-16(21-14)15(18)19/h2-7,16H,8H2,1H3,(H,18,19). The van der Waals surface area contributed by atoms with Crippen molar-refractivity contribution in [1.82, 2.24) is 0 Å². The van der Waals surface area contributed by atoms with Gasteiger partial charge in [0, 0.05) is 12.0 Å². The molecule has 0 amide bonds. The van der Waals surface area contributed by atoms with Gasteiger partial charge in [0.1, 0.15) is 11.5 Å². The zero-order valence-corrected chi connectivity index (χ0v) is 12.1. The lowest BCUT2D eigenvalue weighted by molar-refractivity contribution is -0.158. The first-order valence-electron chi connectivity index (χ1n) is 6.48. The van der Waals surface area contributed by atoms with E-state index in [4.69, 9.17) is 21.1 Å². The number of aryl methyl sites for hydroxylation is 1. The predicted molar refractivity (Wildman–Crippen MR) is 78.1 cm³/mol. The highest BCUT2D eigenvalue weighted by Gasteiger charge is 2.28. The lowest BCUT2D eigenvalue weighted by atomic mass is 9.98. The molecule has 3 rings (SSSR count). The highest BCUT2D eigenvalue weighted by Crippen LogP contribution is 2.37. The average Bonchev–Trinajstić information content (AvgIpc) is 2.43. The van der Waals surface area contributed by atoms with Crippen LogP contribution in [0.2, 0.25) is 5.02 Å². The van der Waals surface area contributed by atoms with Crippen LogP contribution in [0.5, 0.6) is 11.5 Å². The van der Waals surface area contributed by atoms with Gasteiger partial charge in [-0.05, 0) is 30.2 Å². The van der Waals surface area contributed by atoms with Crippen molar-refractivity contribution < 1.29 is 19.4 Å². The van der Waals surface area contributed by atoms with Gasteiger partial charge in [-0.15, -0.1) is 0 Å². The van der Waals surface area contributed by atoms with Crippen molar-refractivity contribution in [2.75, 3.05) is 0 Å². The van der Waals surface area contributed by atoms with Crippen LogP contribution >= 0.6 is 11.6 Å². The molecule has 108 valence electrons. The van der Waals surface area contributed by atoms with Gasteiger partial charge in [-0.1, -0.05) is 35.9 Å². The largest absolute Gasteiger partial charge is 0.476 e. The van der Waals surface area contributed by atoms with E-state index in [1.807, 2.05) is 25.1 Å². The number of carboxylic acids is 1. The molecule has 0 aliphatic carbocycles. The molecule has 2 aromatic rings. The van der Waals surface area contributed by atoms with Crippen molar-refractivity contribution in [2.45, 2.75) is 19.6 Å². The van der Waals surface area contributed by atoms with Crippen LogP contribution in [0.1, 0.15) is 16.7 Å². The minimum Gasteiger partial charge on any atom is -0.476 e. The number of rotatable bonds is 1. The topological polar surface area (TPSA) is 55.8 Å². The van der Waals surface area contributed by atoms with Gasteiger partial charge in [0.15, 0.2) is 0 Å². The van der Waals surface area contributed by atoms with E-state index in [1.165, 1.54) is 0 Å². The summed E-state index contributed by atoms with van der Waals surface area (Å²) in [6.45, 7) is 1.94. The number of benzene rings is 2. The molecule has 0 fully saturated rings. The summed E-state index contributed by atoms with van der Waals surface area (Å²) in [5.41, 5.74) is 2.78. The first-order valence-corrected chi connectivity index (χ1v) is 6.86. The Kier molecular flexibility index (Phi) is 3.47. The Morgan fingerprint density at radius 3 is 2.76 bits per heavy atom. The van der Waals surface area contributed by atoms with Crippen molar-refractivity contribution in [3.8, 4) is 11.5 Å². The van der Waals surface area contributed by atoms with Crippen molar-refractivity contribution in [1.29, 1.82) is 0 Å². The Labute approximate surface area is 126 Å². The zero-order chi connectivity index (χ0) is 15.0. The van der Waals surface area contributed by atoms with Crippen molar-refractivity contribution >= 4 is 17.6 Å². The number of carboxylic acid groups (broad SMARTS) is 1. The molecule has 0 saturated heterocycles. The first-order chi connectivity index (χ1) is 10.1. The van der Waals surface area contributed by atoms with E-state index >= 15 is 0 Å². The normalized spacial score (nSPS) is 16.6. The van der Waals surface area contributed by atoms with Gasteiger partial charge < -0.3 is 14.6 Å². The number of hydrogen-bond acceptors (Lipinski definition) is 3. The molecule has 5 heteroatoms. The highest BCUT2D eigenvalue weighted by atomic mass is 35.5. The fourth-order valence-electron chi connectivity index (χ4n) is 2.35. The first kappa shape index (κ1) is 13.8. The lowest BCUT2D eigenvalue weighted by Gasteiger charge is -2.25. The summed E-state index contributed by atoms with van der Waals surface area (Å²) < 4.78 is 11.0. The average molecular weight is 305 g/mol. The van der Waals surface area contributed by atoms with Crippen molar-refractivity contribution in [3.63, 3.8) is 0 Å². The third kappa shape index (κ3) is 2.54. The van der Waals surface area contributed by atoms with Crippen LogP contribution < -0.4 is 9.47 Å². The van der Waals surface area contributed by atoms with Gasteiger partial charge in [0.25, 0.3) is 0 Å². The molecule has 1 N–H and O–H groups in total. The fraction of sp³-hybridized carbons (Fsp3) is 0.188. The third-order valence-electron chi connectivity index (χ3n) is 3.45. The van der Waals surface area contributed by atoms with Gasteiger partial charge in [0.2, 0.25) is 0 Å². The Hall–Kier alpha value is -2.20. The molecule has 21 heavy (non-hydrogen) atoms. The smallest absolute Gasteiger partial charge is 0.387 e. The molecule has 0 bridgehead atoms. The van der Waals surface area contributed by atoms with E-state index in [-0.39, 0.29) is 0 Å². The molecule has 0 aromatic heterocycles. The summed E-state index contributed by atoms with van der Waals surface area (Å²) in [5, 5.41) is 9.65. The van der Waals surface area contributed by atoms with E-state index in [0.29, 0.717) is 22.9 Å². The Morgan fingerprint density at radius 1 is 1.24 bits per heavy atom. The van der Waals surface area contributed by atoms with Crippen LogP contribution in [0.3, 0.4) is 0 Å². The summed E-state index contributed by atoms with van der Waals surface area (Å²) in [5.74, 6) is -0.316. The van der Waals surface area contributed by atoms with Gasteiger partial charge in [-0.2, -0.15) is 0 Å². The van der Waals surface area contributed by atoms with Gasteiger partial charge in [-0.25, -0.2) is 4.79 Å². The van der Waals surface area contributed by atoms with Crippen molar-refractivity contribution in [3.05, 3.63) is 58.1 Å². The minimum atomic E-state index is -1.43. The number of aliphatic carboxylic acids is 1. The molecule has 0 saturated carbocycles. The zero-order valence-electron chi connectivity index (χ0n) is 11.3. The maximum Gasteiger partial charge on any atom is 0.387 e. The maximum absolute atomic E-state index is 11.3. The number of ether oxygens (including phenoxy) is 2. The number of carbonyl (C=O) groups is 1. The fourth-order valence-corrected chi connectivity index (χ4v) is 2.57. The van der Waals surface area contributed by atoms with E-state index in [0.717, 1.165) is 16.7 Å². The van der Waals surface area contributed by atoms with Crippen LogP contribution in [0.4, 0.5) is 0 Å². The monoisotopic (exact) mass is 304 g/mol. The number of fused-ring (bicyclic) bond motifs is 2. The van der Waals surface area contributed by atoms with E-state index in [9.17, 15) is 9.90 Å². The third-order valence-corrected chi connectivity index (χ3v) is 3.74. The second-order valence-electron chi connectivity index (χ2n) is 4.86. The second-order valence-corrected chi connectivity index (χ2v) is 5.27. The number of halogens is 1.